The van der Waals surface area contributed by atoms with Crippen LogP contribution < -0.4 is 10.1 Å². The van der Waals surface area contributed by atoms with Gasteiger partial charge in [0.15, 0.2) is 12.5 Å². The van der Waals surface area contributed by atoms with Crippen molar-refractivity contribution in [2.24, 2.45) is 5.92 Å². The lowest BCUT2D eigenvalue weighted by atomic mass is 10.0. The van der Waals surface area contributed by atoms with Gasteiger partial charge in [-0.1, -0.05) is 83.5 Å². The van der Waals surface area contributed by atoms with Crippen molar-refractivity contribution in [2.75, 3.05) is 39.9 Å². The minimum absolute atomic E-state index is 0.0424. The summed E-state index contributed by atoms with van der Waals surface area (Å²) in [6.45, 7) is 17.3. The van der Waals surface area contributed by atoms with E-state index in [4.69, 9.17) is 18.9 Å². The third-order valence-corrected chi connectivity index (χ3v) is 12.7. The highest BCUT2D eigenvalue weighted by Crippen LogP contribution is 2.32. The summed E-state index contributed by atoms with van der Waals surface area (Å²) in [5, 5.41) is 24.3. The summed E-state index contributed by atoms with van der Waals surface area (Å²) >= 11 is 0. The molecule has 0 saturated carbocycles. The van der Waals surface area contributed by atoms with E-state index in [1.54, 1.807) is 0 Å². The number of carboxylic acid groups (broad SMARTS) is 1. The maximum atomic E-state index is 14.2. The van der Waals surface area contributed by atoms with Crippen molar-refractivity contribution in [3.8, 4) is 5.75 Å². The van der Waals surface area contributed by atoms with Crippen molar-refractivity contribution >= 4 is 38.0 Å². The van der Waals surface area contributed by atoms with E-state index in [-0.39, 0.29) is 49.7 Å². The Morgan fingerprint density at radius 1 is 0.939 bits per heavy atom. The number of nitro benzene ring substituents is 1. The molecule has 0 fully saturated rings. The molecule has 49 heavy (non-hydrogen) atoms. The average molecular weight is 742 g/mol. The van der Waals surface area contributed by atoms with Crippen LogP contribution in [0.5, 0.6) is 5.75 Å². The number of benzene rings is 2. The van der Waals surface area contributed by atoms with E-state index < -0.39 is 55.0 Å². The fraction of sp³-hybridized carbons (Fsp3) is 0.606. The first-order valence-electron chi connectivity index (χ1n) is 16.5. The van der Waals surface area contributed by atoms with E-state index in [1.807, 2.05) is 44.2 Å². The smallest absolute Gasteiger partial charge is 0.404 e. The van der Waals surface area contributed by atoms with Crippen LogP contribution in [0.1, 0.15) is 19.4 Å². The highest BCUT2D eigenvalue weighted by molar-refractivity contribution is 7.89. The molecule has 0 aliphatic heterocycles. The third kappa shape index (κ3) is 16.1. The predicted molar refractivity (Wildman–Crippen MR) is 195 cm³/mol. The zero-order valence-corrected chi connectivity index (χ0v) is 33.0. The fourth-order valence-electron chi connectivity index (χ4n) is 4.66. The molecule has 2 N–H and O–H groups in total. The van der Waals surface area contributed by atoms with Crippen LogP contribution in [-0.4, -0.2) is 97.0 Å². The maximum Gasteiger partial charge on any atom is 0.404 e. The molecule has 16 heteroatoms. The zero-order valence-electron chi connectivity index (χ0n) is 30.1. The summed E-state index contributed by atoms with van der Waals surface area (Å²) in [7, 11) is -7.07. The van der Waals surface area contributed by atoms with Gasteiger partial charge in [-0.3, -0.25) is 10.1 Å². The Kier molecular flexibility index (Phi) is 16.8. The lowest BCUT2D eigenvalue weighted by molar-refractivity contribution is -0.386. The standard InChI is InChI=1S/C33H55N3O10SSi2/c1-26(2)22-35(47(41,42)28-14-15-31(30(21-28)36(39)40)45-24-43-16-18-48(3,4)5)23-32(46-25-44-17-19-49(6,7)8)29(34-33(37)38)20-27-12-10-9-11-13-27/h9-15,21,26,29,32,34H,16-20,22-25H2,1-8H3,(H,37,38)/t29-,32-/m0/s1. The molecule has 2 aromatic rings. The van der Waals surface area contributed by atoms with Crippen LogP contribution >= 0.6 is 0 Å². The van der Waals surface area contributed by atoms with Crippen LogP contribution in [0.4, 0.5) is 10.5 Å². The summed E-state index contributed by atoms with van der Waals surface area (Å²) in [5.41, 5.74) is 0.306. The van der Waals surface area contributed by atoms with Gasteiger partial charge in [-0.05, 0) is 42.1 Å². The number of hydrogen-bond donors (Lipinski definition) is 2. The molecule has 2 aromatic carbocycles. The van der Waals surface area contributed by atoms with E-state index in [0.717, 1.165) is 23.7 Å². The van der Waals surface area contributed by atoms with E-state index >= 15 is 0 Å². The highest BCUT2D eigenvalue weighted by Gasteiger charge is 2.34. The number of amides is 1. The Labute approximate surface area is 293 Å². The van der Waals surface area contributed by atoms with Gasteiger partial charge in [0.25, 0.3) is 0 Å². The molecule has 0 aliphatic carbocycles. The monoisotopic (exact) mass is 741 g/mol. The van der Waals surface area contributed by atoms with Crippen molar-refractivity contribution in [2.45, 2.75) is 88.7 Å². The van der Waals surface area contributed by atoms with Crippen molar-refractivity contribution < 1.29 is 42.2 Å². The Balaban J connectivity index is 2.42. The molecule has 0 radical (unpaired) electrons. The molecule has 0 aromatic heterocycles. The predicted octanol–water partition coefficient (Wildman–Crippen LogP) is 6.51. The molecule has 2 atom stereocenters. The largest absolute Gasteiger partial charge is 0.465 e. The molecule has 0 unspecified atom stereocenters. The SMILES string of the molecule is CC(C)CN(C[C@H](OCOCC[Si](C)(C)C)[C@H](Cc1ccccc1)NC(=O)O)S(=O)(=O)c1ccc(OCOCC[Si](C)(C)C)c([N+](=O)[O-])c1. The number of nitro groups is 1. The van der Waals surface area contributed by atoms with Gasteiger partial charge < -0.3 is 29.4 Å². The van der Waals surface area contributed by atoms with Crippen molar-refractivity contribution in [3.63, 3.8) is 0 Å². The van der Waals surface area contributed by atoms with Gasteiger partial charge in [0.05, 0.1) is 22.0 Å². The molecule has 276 valence electrons. The molecule has 0 saturated heterocycles. The molecular weight excluding hydrogens is 687 g/mol. The summed E-state index contributed by atoms with van der Waals surface area (Å²) in [5.74, 6) is -0.257. The van der Waals surface area contributed by atoms with Crippen molar-refractivity contribution in [1.29, 1.82) is 0 Å². The van der Waals surface area contributed by atoms with Gasteiger partial charge in [0.2, 0.25) is 10.0 Å². The normalized spacial score (nSPS) is 13.8. The molecule has 0 heterocycles. The molecule has 0 bridgehead atoms. The van der Waals surface area contributed by atoms with Crippen molar-refractivity contribution in [1.82, 2.24) is 9.62 Å². The van der Waals surface area contributed by atoms with Crippen LogP contribution in [0.2, 0.25) is 51.4 Å². The zero-order chi connectivity index (χ0) is 36.8. The summed E-state index contributed by atoms with van der Waals surface area (Å²) < 4.78 is 52.5. The number of rotatable bonds is 23. The summed E-state index contributed by atoms with van der Waals surface area (Å²) in [6, 6.07) is 13.6. The van der Waals surface area contributed by atoms with Crippen LogP contribution in [0.15, 0.2) is 53.4 Å². The van der Waals surface area contributed by atoms with E-state index in [2.05, 4.69) is 44.6 Å². The topological polar surface area (TPSA) is 167 Å². The quantitative estimate of drug-likeness (QED) is 0.0422. The van der Waals surface area contributed by atoms with Gasteiger partial charge in [0.1, 0.15) is 6.79 Å². The number of nitrogens with one attached hydrogen (secondary N) is 1. The van der Waals surface area contributed by atoms with E-state index in [1.165, 1.54) is 16.4 Å². The van der Waals surface area contributed by atoms with Gasteiger partial charge in [-0.15, -0.1) is 0 Å². The lowest BCUT2D eigenvalue weighted by Crippen LogP contribution is -2.52. The van der Waals surface area contributed by atoms with Gasteiger partial charge in [0, 0.05) is 48.5 Å². The van der Waals surface area contributed by atoms with Crippen LogP contribution in [0.3, 0.4) is 0 Å². The molecule has 2 rings (SSSR count). The Morgan fingerprint density at radius 3 is 2.06 bits per heavy atom. The number of nitrogens with zero attached hydrogens (tertiary/aromatic N) is 2. The second kappa shape index (κ2) is 19.5. The van der Waals surface area contributed by atoms with Gasteiger partial charge >= 0.3 is 11.8 Å². The van der Waals surface area contributed by atoms with E-state index in [9.17, 15) is 28.4 Å². The third-order valence-electron chi connectivity index (χ3n) is 7.43. The minimum Gasteiger partial charge on any atom is -0.465 e. The van der Waals surface area contributed by atoms with Crippen LogP contribution in [0.25, 0.3) is 0 Å². The molecule has 0 spiro atoms. The van der Waals surface area contributed by atoms with Crippen LogP contribution in [-0.2, 0) is 30.7 Å². The molecule has 1 amide bonds. The highest BCUT2D eigenvalue weighted by atomic mass is 32.2. The summed E-state index contributed by atoms with van der Waals surface area (Å²) in [4.78, 5) is 23.0. The minimum atomic E-state index is -4.34. The number of ether oxygens (including phenoxy) is 4. The van der Waals surface area contributed by atoms with Gasteiger partial charge in [-0.25, -0.2) is 13.2 Å². The average Bonchev–Trinajstić information content (AvgIpc) is 2.98. The first-order valence-corrected chi connectivity index (χ1v) is 25.4. The number of sulfonamides is 1. The van der Waals surface area contributed by atoms with E-state index in [0.29, 0.717) is 13.2 Å². The number of hydrogen-bond acceptors (Lipinski definition) is 9. The lowest BCUT2D eigenvalue weighted by Gasteiger charge is -2.33. The van der Waals surface area contributed by atoms with Crippen molar-refractivity contribution in [3.05, 3.63) is 64.2 Å². The van der Waals surface area contributed by atoms with Gasteiger partial charge in [-0.2, -0.15) is 4.31 Å². The molecule has 0 aliphatic rings. The Hall–Kier alpha value is -2.87. The first kappa shape index (κ1) is 42.3. The second-order valence-corrected chi connectivity index (χ2v) is 28.1. The number of carbonyl (C=O) groups is 1. The summed E-state index contributed by atoms with van der Waals surface area (Å²) in [6.07, 6.45) is -2.04. The molecule has 13 nitrogen and oxygen atoms in total. The first-order chi connectivity index (χ1) is 22.8. The molecular formula is C33H55N3O10SSi2. The second-order valence-electron chi connectivity index (χ2n) is 14.9. The Morgan fingerprint density at radius 2 is 1.53 bits per heavy atom. The Bertz CT molecular complexity index is 1430. The van der Waals surface area contributed by atoms with Crippen LogP contribution in [0, 0.1) is 16.0 Å². The maximum absolute atomic E-state index is 14.2. The fourth-order valence-corrected chi connectivity index (χ4v) is 7.81.